The van der Waals surface area contributed by atoms with Crippen LogP contribution < -0.4 is 21.1 Å². The number of halogens is 3. The van der Waals surface area contributed by atoms with Crippen LogP contribution in [0, 0.1) is 0 Å². The van der Waals surface area contributed by atoms with Gasteiger partial charge >= 0.3 is 6.18 Å². The van der Waals surface area contributed by atoms with Crippen LogP contribution in [0.15, 0.2) is 54.9 Å². The Morgan fingerprint density at radius 1 is 0.967 bits per heavy atom. The number of ether oxygens (including phenoxy) is 1. The minimum atomic E-state index is -4.51. The van der Waals surface area contributed by atoms with E-state index in [0.717, 1.165) is 24.7 Å². The molecule has 0 aliphatic rings. The lowest BCUT2D eigenvalue weighted by Gasteiger charge is -2.16. The molecule has 0 aliphatic heterocycles. The maximum atomic E-state index is 13.2. The normalized spacial score (nSPS) is 11.2. The van der Waals surface area contributed by atoms with Crippen LogP contribution in [0.4, 0.5) is 41.9 Å². The summed E-state index contributed by atoms with van der Waals surface area (Å²) in [5, 5.41) is 5.70. The van der Waals surface area contributed by atoms with Gasteiger partial charge in [0.05, 0.1) is 17.9 Å². The van der Waals surface area contributed by atoms with Crippen molar-refractivity contribution in [1.82, 2.24) is 9.97 Å². The number of hydrogen-bond donors (Lipinski definition) is 3. The van der Waals surface area contributed by atoms with Crippen molar-refractivity contribution in [2.45, 2.75) is 25.9 Å². The fraction of sp³-hybridized carbons (Fsp3) is 0.238. The van der Waals surface area contributed by atoms with Gasteiger partial charge in [0.2, 0.25) is 0 Å². The molecule has 0 aliphatic carbocycles. The van der Waals surface area contributed by atoms with Gasteiger partial charge in [0, 0.05) is 5.69 Å². The predicted molar refractivity (Wildman–Crippen MR) is 111 cm³/mol. The molecule has 9 heteroatoms. The molecule has 0 spiro atoms. The van der Waals surface area contributed by atoms with Crippen molar-refractivity contribution >= 4 is 28.7 Å². The first-order chi connectivity index (χ1) is 14.4. The van der Waals surface area contributed by atoms with E-state index in [1.807, 2.05) is 12.1 Å². The van der Waals surface area contributed by atoms with Gasteiger partial charge < -0.3 is 21.1 Å². The first-order valence-electron chi connectivity index (χ1n) is 9.42. The van der Waals surface area contributed by atoms with Crippen molar-refractivity contribution < 1.29 is 17.9 Å². The smallest absolute Gasteiger partial charge is 0.418 e. The summed E-state index contributed by atoms with van der Waals surface area (Å²) in [5.74, 6) is 1.09. The van der Waals surface area contributed by atoms with E-state index in [2.05, 4.69) is 27.5 Å². The molecule has 0 atom stereocenters. The number of para-hydroxylation sites is 1. The second kappa shape index (κ2) is 9.34. The molecule has 3 rings (SSSR count). The summed E-state index contributed by atoms with van der Waals surface area (Å²) in [6, 6.07) is 12.3. The fourth-order valence-corrected chi connectivity index (χ4v) is 2.67. The lowest BCUT2D eigenvalue weighted by atomic mass is 10.1. The summed E-state index contributed by atoms with van der Waals surface area (Å²) in [4.78, 5) is 8.07. The molecule has 1 heterocycles. The molecule has 4 N–H and O–H groups in total. The zero-order chi connectivity index (χ0) is 21.6. The quantitative estimate of drug-likeness (QED) is 0.405. The van der Waals surface area contributed by atoms with Crippen molar-refractivity contribution in [3.63, 3.8) is 0 Å². The number of hydrogen-bond acceptors (Lipinski definition) is 6. The number of alkyl halides is 3. The van der Waals surface area contributed by atoms with Crippen LogP contribution in [-0.2, 0) is 6.18 Å². The second-order valence-electron chi connectivity index (χ2n) is 6.50. The van der Waals surface area contributed by atoms with Crippen LogP contribution >= 0.6 is 0 Å². The summed E-state index contributed by atoms with van der Waals surface area (Å²) in [6.45, 7) is 2.74. The summed E-state index contributed by atoms with van der Waals surface area (Å²) in [7, 11) is 0. The van der Waals surface area contributed by atoms with E-state index in [1.165, 1.54) is 24.5 Å². The SMILES string of the molecule is CCCCOc1ccc(Nc2ncnc(Nc3ccccc3C(F)(F)F)c2N)cc1. The molecule has 1 aromatic heterocycles. The summed E-state index contributed by atoms with van der Waals surface area (Å²) < 4.78 is 45.3. The van der Waals surface area contributed by atoms with E-state index in [1.54, 1.807) is 12.1 Å². The highest BCUT2D eigenvalue weighted by Crippen LogP contribution is 2.37. The largest absolute Gasteiger partial charge is 0.494 e. The number of nitrogens with two attached hydrogens (primary N) is 1. The average Bonchev–Trinajstić information content (AvgIpc) is 2.72. The minimum Gasteiger partial charge on any atom is -0.494 e. The van der Waals surface area contributed by atoms with E-state index in [-0.39, 0.29) is 23.0 Å². The van der Waals surface area contributed by atoms with Crippen LogP contribution in [0.25, 0.3) is 0 Å². The zero-order valence-corrected chi connectivity index (χ0v) is 16.3. The van der Waals surface area contributed by atoms with Gasteiger partial charge in [-0.15, -0.1) is 0 Å². The van der Waals surface area contributed by atoms with E-state index >= 15 is 0 Å². The van der Waals surface area contributed by atoms with Gasteiger partial charge in [0.25, 0.3) is 0 Å². The van der Waals surface area contributed by atoms with Gasteiger partial charge in [-0.05, 0) is 42.8 Å². The molecular weight excluding hydrogens is 395 g/mol. The minimum absolute atomic E-state index is 0.0729. The highest BCUT2D eigenvalue weighted by atomic mass is 19.4. The van der Waals surface area contributed by atoms with Gasteiger partial charge in [-0.25, -0.2) is 9.97 Å². The van der Waals surface area contributed by atoms with E-state index < -0.39 is 11.7 Å². The molecule has 158 valence electrons. The van der Waals surface area contributed by atoms with Crippen LogP contribution in [0.2, 0.25) is 0 Å². The highest BCUT2D eigenvalue weighted by Gasteiger charge is 2.33. The average molecular weight is 417 g/mol. The number of unbranched alkanes of at least 4 members (excludes halogenated alkanes) is 1. The lowest BCUT2D eigenvalue weighted by Crippen LogP contribution is -2.10. The Morgan fingerprint density at radius 2 is 1.63 bits per heavy atom. The third-order valence-electron chi connectivity index (χ3n) is 4.25. The number of nitrogens with zero attached hydrogens (tertiary/aromatic N) is 2. The third kappa shape index (κ3) is 5.31. The van der Waals surface area contributed by atoms with Gasteiger partial charge in [-0.1, -0.05) is 25.5 Å². The Labute approximate surface area is 172 Å². The van der Waals surface area contributed by atoms with Gasteiger partial charge in [0.15, 0.2) is 11.6 Å². The number of nitrogen functional groups attached to an aromatic ring is 1. The molecule has 0 saturated heterocycles. The first-order valence-corrected chi connectivity index (χ1v) is 9.42. The number of benzene rings is 2. The van der Waals surface area contributed by atoms with Crippen LogP contribution in [0.1, 0.15) is 25.3 Å². The third-order valence-corrected chi connectivity index (χ3v) is 4.25. The standard InChI is InChI=1S/C21H22F3N5O/c1-2-3-12-30-15-10-8-14(9-11-15)28-19-18(25)20(27-13-26-19)29-17-7-5-4-6-16(17)21(22,23)24/h4-11,13H,2-3,12,25H2,1H3,(H2,26,27,28,29). The number of aromatic nitrogens is 2. The van der Waals surface area contributed by atoms with Crippen molar-refractivity contribution in [2.75, 3.05) is 23.0 Å². The van der Waals surface area contributed by atoms with Gasteiger partial charge in [-0.3, -0.25) is 0 Å². The molecule has 6 nitrogen and oxygen atoms in total. The van der Waals surface area contributed by atoms with Crippen molar-refractivity contribution in [2.24, 2.45) is 0 Å². The summed E-state index contributed by atoms with van der Waals surface area (Å²) in [6.07, 6.45) is -1.26. The molecule has 0 fully saturated rings. The molecule has 30 heavy (non-hydrogen) atoms. The Balaban J connectivity index is 1.76. The topological polar surface area (TPSA) is 85.1 Å². The Bertz CT molecular complexity index is 977. The maximum Gasteiger partial charge on any atom is 0.418 e. The van der Waals surface area contributed by atoms with Crippen molar-refractivity contribution in [3.05, 3.63) is 60.4 Å². The number of anilines is 5. The van der Waals surface area contributed by atoms with Crippen LogP contribution in [0.3, 0.4) is 0 Å². The molecule has 2 aromatic carbocycles. The van der Waals surface area contributed by atoms with Crippen molar-refractivity contribution in [3.8, 4) is 5.75 Å². The molecule has 0 amide bonds. The first kappa shape index (κ1) is 21.2. The number of rotatable bonds is 8. The van der Waals surface area contributed by atoms with Gasteiger partial charge in [0.1, 0.15) is 17.8 Å². The second-order valence-corrected chi connectivity index (χ2v) is 6.50. The molecule has 0 saturated carbocycles. The Hall–Kier alpha value is -3.49. The van der Waals surface area contributed by atoms with Crippen molar-refractivity contribution in [1.29, 1.82) is 0 Å². The molecule has 3 aromatic rings. The van der Waals surface area contributed by atoms with Crippen LogP contribution in [0.5, 0.6) is 5.75 Å². The van der Waals surface area contributed by atoms with E-state index in [4.69, 9.17) is 10.5 Å². The highest BCUT2D eigenvalue weighted by molar-refractivity contribution is 5.80. The van der Waals surface area contributed by atoms with E-state index in [0.29, 0.717) is 12.3 Å². The van der Waals surface area contributed by atoms with E-state index in [9.17, 15) is 13.2 Å². The summed E-state index contributed by atoms with van der Waals surface area (Å²) in [5.41, 5.74) is 5.93. The Kier molecular flexibility index (Phi) is 6.61. The monoisotopic (exact) mass is 417 g/mol. The zero-order valence-electron chi connectivity index (χ0n) is 16.3. The van der Waals surface area contributed by atoms with Gasteiger partial charge in [-0.2, -0.15) is 13.2 Å². The fourth-order valence-electron chi connectivity index (χ4n) is 2.67. The molecule has 0 unspecified atom stereocenters. The maximum absolute atomic E-state index is 13.2. The predicted octanol–water partition coefficient (Wildman–Crippen LogP) is 5.74. The van der Waals surface area contributed by atoms with Crippen LogP contribution in [-0.4, -0.2) is 16.6 Å². The summed E-state index contributed by atoms with van der Waals surface area (Å²) >= 11 is 0. The Morgan fingerprint density at radius 3 is 2.30 bits per heavy atom. The molecule has 0 radical (unpaired) electrons. The molecular formula is C21H22F3N5O. The number of nitrogens with one attached hydrogen (secondary N) is 2. The molecule has 0 bridgehead atoms. The lowest BCUT2D eigenvalue weighted by molar-refractivity contribution is -0.136.